The standard InChI is InChI=1S/C25H19F3N8O2/c1-35-21(17(13-30-35)22(37)29-12-16-8-5-9-19(31-16)25(26,27)28)23(38)33-20-10-11-36-14-18(32-24(36)34-20)15-6-3-2-4-7-15/h2-11,13-14H,12H2,1H3,(H,29,37)(H,32,33,34,38). The second kappa shape index (κ2) is 9.76. The average molecular weight is 520 g/mol. The summed E-state index contributed by atoms with van der Waals surface area (Å²) in [7, 11) is 1.48. The van der Waals surface area contributed by atoms with E-state index in [0.717, 1.165) is 11.6 Å². The van der Waals surface area contributed by atoms with Gasteiger partial charge in [-0.1, -0.05) is 36.4 Å². The van der Waals surface area contributed by atoms with Crippen molar-refractivity contribution in [2.24, 2.45) is 7.05 Å². The molecule has 0 saturated carbocycles. The van der Waals surface area contributed by atoms with Crippen molar-refractivity contribution in [2.75, 3.05) is 5.32 Å². The highest BCUT2D eigenvalue weighted by Gasteiger charge is 2.32. The van der Waals surface area contributed by atoms with Crippen LogP contribution in [-0.2, 0) is 19.8 Å². The minimum atomic E-state index is -4.61. The highest BCUT2D eigenvalue weighted by Crippen LogP contribution is 2.27. The lowest BCUT2D eigenvalue weighted by Crippen LogP contribution is -2.27. The van der Waals surface area contributed by atoms with E-state index in [0.29, 0.717) is 11.5 Å². The van der Waals surface area contributed by atoms with Gasteiger partial charge in [-0.2, -0.15) is 23.3 Å². The summed E-state index contributed by atoms with van der Waals surface area (Å²) < 4.78 is 41.6. The van der Waals surface area contributed by atoms with Crippen molar-refractivity contribution in [1.29, 1.82) is 0 Å². The second-order valence-corrected chi connectivity index (χ2v) is 8.19. The molecule has 5 aromatic rings. The number of carbonyl (C=O) groups excluding carboxylic acids is 2. The number of aromatic nitrogens is 6. The van der Waals surface area contributed by atoms with Crippen LogP contribution in [-0.4, -0.2) is 40.9 Å². The molecular formula is C25H19F3N8O2. The molecule has 1 aromatic carbocycles. The molecule has 0 radical (unpaired) electrons. The Kier molecular flexibility index (Phi) is 6.33. The van der Waals surface area contributed by atoms with Crippen molar-refractivity contribution in [3.8, 4) is 11.3 Å². The monoisotopic (exact) mass is 520 g/mol. The van der Waals surface area contributed by atoms with Gasteiger partial charge < -0.3 is 10.6 Å². The van der Waals surface area contributed by atoms with Gasteiger partial charge in [-0.05, 0) is 18.2 Å². The molecule has 0 saturated heterocycles. The topological polar surface area (TPSA) is 119 Å². The Morgan fingerprint density at radius 1 is 0.947 bits per heavy atom. The summed E-state index contributed by atoms with van der Waals surface area (Å²) >= 11 is 0. The number of fused-ring (bicyclic) bond motifs is 1. The SMILES string of the molecule is Cn1ncc(C(=O)NCc2cccc(C(F)(F)F)n2)c1C(=O)Nc1ccn2cc(-c3ccccc3)nc2n1. The quantitative estimate of drug-likeness (QED) is 0.352. The Morgan fingerprint density at radius 2 is 1.74 bits per heavy atom. The number of nitrogens with zero attached hydrogens (tertiary/aromatic N) is 6. The van der Waals surface area contributed by atoms with Crippen LogP contribution in [0.5, 0.6) is 0 Å². The summed E-state index contributed by atoms with van der Waals surface area (Å²) in [6.07, 6.45) is 0.0920. The van der Waals surface area contributed by atoms with E-state index >= 15 is 0 Å². The number of alkyl halides is 3. The van der Waals surface area contributed by atoms with Crippen LogP contribution in [0.15, 0.2) is 73.2 Å². The van der Waals surface area contributed by atoms with Gasteiger partial charge in [0.1, 0.15) is 17.2 Å². The molecule has 0 spiro atoms. The molecule has 2 amide bonds. The molecule has 0 atom stereocenters. The van der Waals surface area contributed by atoms with E-state index in [4.69, 9.17) is 0 Å². The zero-order valence-electron chi connectivity index (χ0n) is 19.8. The predicted octanol–water partition coefficient (Wildman–Crippen LogP) is 3.73. The van der Waals surface area contributed by atoms with Crippen LogP contribution in [0.1, 0.15) is 32.2 Å². The van der Waals surface area contributed by atoms with Crippen molar-refractivity contribution in [1.82, 2.24) is 34.4 Å². The van der Waals surface area contributed by atoms with Crippen LogP contribution in [0.25, 0.3) is 17.0 Å². The number of imidazole rings is 1. The summed E-state index contributed by atoms with van der Waals surface area (Å²) in [5, 5.41) is 9.10. The molecule has 2 N–H and O–H groups in total. The van der Waals surface area contributed by atoms with E-state index in [1.165, 1.54) is 30.1 Å². The first kappa shape index (κ1) is 24.6. The summed E-state index contributed by atoms with van der Waals surface area (Å²) in [6, 6.07) is 14.5. The number of anilines is 1. The summed E-state index contributed by atoms with van der Waals surface area (Å²) in [5.74, 6) is -0.794. The Morgan fingerprint density at radius 3 is 2.50 bits per heavy atom. The molecule has 13 heteroatoms. The minimum Gasteiger partial charge on any atom is -0.346 e. The summed E-state index contributed by atoms with van der Waals surface area (Å²) in [4.78, 5) is 38.2. The van der Waals surface area contributed by atoms with Gasteiger partial charge in [0, 0.05) is 25.0 Å². The smallest absolute Gasteiger partial charge is 0.346 e. The number of amides is 2. The fourth-order valence-electron chi connectivity index (χ4n) is 3.74. The normalized spacial score (nSPS) is 11.5. The first-order valence-electron chi connectivity index (χ1n) is 11.2. The molecule has 0 bridgehead atoms. The molecule has 0 unspecified atom stereocenters. The average Bonchev–Trinajstić information content (AvgIpc) is 3.51. The lowest BCUT2D eigenvalue weighted by Gasteiger charge is -2.10. The maximum Gasteiger partial charge on any atom is 0.433 e. The zero-order valence-corrected chi connectivity index (χ0v) is 19.8. The molecule has 38 heavy (non-hydrogen) atoms. The molecule has 0 aliphatic rings. The molecule has 192 valence electrons. The number of hydrogen-bond acceptors (Lipinski definition) is 6. The fraction of sp³-hybridized carbons (Fsp3) is 0.120. The molecule has 0 aliphatic heterocycles. The van der Waals surface area contributed by atoms with Crippen LogP contribution in [0, 0.1) is 0 Å². The van der Waals surface area contributed by atoms with Crippen molar-refractivity contribution >= 4 is 23.4 Å². The van der Waals surface area contributed by atoms with Crippen molar-refractivity contribution < 1.29 is 22.8 Å². The van der Waals surface area contributed by atoms with Crippen LogP contribution < -0.4 is 10.6 Å². The lowest BCUT2D eigenvalue weighted by molar-refractivity contribution is -0.141. The van der Waals surface area contributed by atoms with Gasteiger partial charge in [0.15, 0.2) is 0 Å². The number of benzene rings is 1. The third-order valence-corrected chi connectivity index (χ3v) is 5.56. The van der Waals surface area contributed by atoms with Crippen LogP contribution in [0.2, 0.25) is 0 Å². The van der Waals surface area contributed by atoms with Crippen LogP contribution in [0.3, 0.4) is 0 Å². The lowest BCUT2D eigenvalue weighted by atomic mass is 10.2. The van der Waals surface area contributed by atoms with E-state index in [9.17, 15) is 22.8 Å². The largest absolute Gasteiger partial charge is 0.433 e. The van der Waals surface area contributed by atoms with Crippen molar-refractivity contribution in [2.45, 2.75) is 12.7 Å². The predicted molar refractivity (Wildman–Crippen MR) is 130 cm³/mol. The molecule has 10 nitrogen and oxygen atoms in total. The van der Waals surface area contributed by atoms with E-state index in [1.54, 1.807) is 16.7 Å². The number of hydrogen-bond donors (Lipinski definition) is 2. The Labute approximate surface area is 213 Å². The molecule has 4 aromatic heterocycles. The number of halogens is 3. The minimum absolute atomic E-state index is 0.00939. The van der Waals surface area contributed by atoms with Gasteiger partial charge in [0.2, 0.25) is 5.78 Å². The van der Waals surface area contributed by atoms with E-state index in [-0.39, 0.29) is 29.3 Å². The Balaban J connectivity index is 1.31. The number of carbonyl (C=O) groups is 2. The van der Waals surface area contributed by atoms with Gasteiger partial charge in [-0.15, -0.1) is 0 Å². The number of pyridine rings is 1. The first-order chi connectivity index (χ1) is 18.2. The first-order valence-corrected chi connectivity index (χ1v) is 11.2. The summed E-state index contributed by atoms with van der Waals surface area (Å²) in [5.41, 5.74) is 0.440. The van der Waals surface area contributed by atoms with Crippen LogP contribution >= 0.6 is 0 Å². The number of aryl methyl sites for hydroxylation is 1. The van der Waals surface area contributed by atoms with E-state index < -0.39 is 23.7 Å². The Hall–Kier alpha value is -5.07. The second-order valence-electron chi connectivity index (χ2n) is 8.19. The zero-order chi connectivity index (χ0) is 26.9. The van der Waals surface area contributed by atoms with Crippen molar-refractivity contribution in [3.05, 3.63) is 95.8 Å². The third-order valence-electron chi connectivity index (χ3n) is 5.56. The van der Waals surface area contributed by atoms with Gasteiger partial charge in [-0.3, -0.25) is 18.7 Å². The molecule has 0 fully saturated rings. The molecule has 5 rings (SSSR count). The number of nitrogens with one attached hydrogen (secondary N) is 2. The number of rotatable bonds is 6. The van der Waals surface area contributed by atoms with E-state index in [1.807, 2.05) is 36.5 Å². The van der Waals surface area contributed by atoms with Gasteiger partial charge in [0.25, 0.3) is 11.8 Å². The van der Waals surface area contributed by atoms with Gasteiger partial charge in [0.05, 0.1) is 29.7 Å². The van der Waals surface area contributed by atoms with Crippen LogP contribution in [0.4, 0.5) is 19.0 Å². The highest BCUT2D eigenvalue weighted by molar-refractivity contribution is 6.10. The highest BCUT2D eigenvalue weighted by atomic mass is 19.4. The fourth-order valence-corrected chi connectivity index (χ4v) is 3.74. The Bertz CT molecular complexity index is 1640. The van der Waals surface area contributed by atoms with Gasteiger partial charge in [-0.25, -0.2) is 9.97 Å². The van der Waals surface area contributed by atoms with Crippen molar-refractivity contribution in [3.63, 3.8) is 0 Å². The molecule has 0 aliphatic carbocycles. The third kappa shape index (κ3) is 5.07. The summed E-state index contributed by atoms with van der Waals surface area (Å²) in [6.45, 7) is -0.277. The maximum absolute atomic E-state index is 13.1. The molecular weight excluding hydrogens is 501 g/mol. The maximum atomic E-state index is 13.1. The van der Waals surface area contributed by atoms with Gasteiger partial charge >= 0.3 is 6.18 Å². The van der Waals surface area contributed by atoms with E-state index in [2.05, 4.69) is 30.7 Å². The molecule has 4 heterocycles.